The van der Waals surface area contributed by atoms with E-state index in [-0.39, 0.29) is 16.6 Å². The zero-order chi connectivity index (χ0) is 13.4. The SMILES string of the molecule is COc1cc(C(C)(C)C(C)(C)C)cc(P)c1O. The van der Waals surface area contributed by atoms with Gasteiger partial charge < -0.3 is 9.84 Å². The number of ether oxygens (including phenoxy) is 1. The fourth-order valence-corrected chi connectivity index (χ4v) is 1.90. The third-order valence-electron chi connectivity index (χ3n) is 3.92. The molecular weight excluding hydrogens is 231 g/mol. The molecule has 0 saturated heterocycles. The van der Waals surface area contributed by atoms with E-state index in [4.69, 9.17) is 4.74 Å². The summed E-state index contributed by atoms with van der Waals surface area (Å²) in [6.07, 6.45) is 0. The summed E-state index contributed by atoms with van der Waals surface area (Å²) in [5.41, 5.74) is 1.30. The van der Waals surface area contributed by atoms with Crippen molar-refractivity contribution in [3.63, 3.8) is 0 Å². The van der Waals surface area contributed by atoms with Crippen molar-refractivity contribution < 1.29 is 9.84 Å². The van der Waals surface area contributed by atoms with Crippen molar-refractivity contribution in [3.8, 4) is 11.5 Å². The van der Waals surface area contributed by atoms with Gasteiger partial charge in [0.25, 0.3) is 0 Å². The summed E-state index contributed by atoms with van der Waals surface area (Å²) in [7, 11) is 4.13. The average Bonchev–Trinajstić information content (AvgIpc) is 2.20. The number of aromatic hydroxyl groups is 1. The van der Waals surface area contributed by atoms with Gasteiger partial charge in [0.2, 0.25) is 0 Å². The Morgan fingerprint density at radius 3 is 2.06 bits per heavy atom. The molecule has 96 valence electrons. The second-order valence-electron chi connectivity index (χ2n) is 5.99. The maximum absolute atomic E-state index is 9.84. The molecule has 0 aromatic heterocycles. The lowest BCUT2D eigenvalue weighted by molar-refractivity contribution is 0.224. The van der Waals surface area contributed by atoms with Gasteiger partial charge in [-0.05, 0) is 28.5 Å². The lowest BCUT2D eigenvalue weighted by Crippen LogP contribution is -2.34. The second-order valence-corrected chi connectivity index (χ2v) is 6.61. The van der Waals surface area contributed by atoms with E-state index in [1.54, 1.807) is 7.11 Å². The molecule has 17 heavy (non-hydrogen) atoms. The normalized spacial score (nSPS) is 12.6. The largest absolute Gasteiger partial charge is 0.504 e. The monoisotopic (exact) mass is 254 g/mol. The van der Waals surface area contributed by atoms with Crippen molar-refractivity contribution in [3.05, 3.63) is 17.7 Å². The van der Waals surface area contributed by atoms with E-state index in [9.17, 15) is 5.11 Å². The van der Waals surface area contributed by atoms with Crippen LogP contribution in [0, 0.1) is 5.41 Å². The molecule has 0 saturated carbocycles. The maximum atomic E-state index is 9.84. The van der Waals surface area contributed by atoms with Crippen LogP contribution in [-0.2, 0) is 5.41 Å². The van der Waals surface area contributed by atoms with Gasteiger partial charge in [-0.1, -0.05) is 34.6 Å². The predicted octanol–water partition coefficient (Wildman–Crippen LogP) is 3.22. The third-order valence-corrected chi connectivity index (χ3v) is 4.36. The molecule has 1 unspecified atom stereocenters. The van der Waals surface area contributed by atoms with Crippen LogP contribution in [0.5, 0.6) is 11.5 Å². The molecule has 0 aliphatic rings. The van der Waals surface area contributed by atoms with Crippen LogP contribution in [-0.4, -0.2) is 12.2 Å². The van der Waals surface area contributed by atoms with Crippen molar-refractivity contribution in [2.75, 3.05) is 7.11 Å². The smallest absolute Gasteiger partial charge is 0.164 e. The fourth-order valence-electron chi connectivity index (χ4n) is 1.58. The van der Waals surface area contributed by atoms with E-state index in [2.05, 4.69) is 43.9 Å². The Balaban J connectivity index is 3.38. The van der Waals surface area contributed by atoms with Gasteiger partial charge in [0, 0.05) is 5.30 Å². The highest BCUT2D eigenvalue weighted by atomic mass is 31.0. The summed E-state index contributed by atoms with van der Waals surface area (Å²) in [5.74, 6) is 0.732. The Hall–Kier alpha value is -0.750. The highest BCUT2D eigenvalue weighted by molar-refractivity contribution is 7.27. The predicted molar refractivity (Wildman–Crippen MR) is 76.5 cm³/mol. The molecule has 1 aromatic carbocycles. The molecule has 0 aliphatic carbocycles. The van der Waals surface area contributed by atoms with Crippen LogP contribution in [0.2, 0.25) is 0 Å². The maximum Gasteiger partial charge on any atom is 0.164 e. The minimum Gasteiger partial charge on any atom is -0.504 e. The first-order valence-corrected chi connectivity index (χ1v) is 6.36. The Bertz CT molecular complexity index is 417. The van der Waals surface area contributed by atoms with Crippen LogP contribution in [0.4, 0.5) is 0 Å². The number of benzene rings is 1. The first-order valence-electron chi connectivity index (χ1n) is 5.78. The van der Waals surface area contributed by atoms with Crippen LogP contribution in [0.3, 0.4) is 0 Å². The van der Waals surface area contributed by atoms with Crippen molar-refractivity contribution in [1.82, 2.24) is 0 Å². The summed E-state index contributed by atoms with van der Waals surface area (Å²) in [4.78, 5) is 0. The molecule has 0 aliphatic heterocycles. The van der Waals surface area contributed by atoms with Gasteiger partial charge in [0.1, 0.15) is 0 Å². The van der Waals surface area contributed by atoms with E-state index in [1.165, 1.54) is 5.56 Å². The average molecular weight is 254 g/mol. The van der Waals surface area contributed by atoms with Crippen molar-refractivity contribution in [2.24, 2.45) is 5.41 Å². The zero-order valence-electron chi connectivity index (χ0n) is 11.6. The number of phenols is 1. The number of phenolic OH excluding ortho intramolecular Hbond substituents is 1. The summed E-state index contributed by atoms with van der Waals surface area (Å²) in [5, 5.41) is 10.6. The molecule has 1 aromatic rings. The highest BCUT2D eigenvalue weighted by Crippen LogP contribution is 2.42. The molecule has 1 N–H and O–H groups in total. The molecule has 0 spiro atoms. The van der Waals surface area contributed by atoms with Gasteiger partial charge in [0.05, 0.1) is 7.11 Å². The van der Waals surface area contributed by atoms with Crippen molar-refractivity contribution in [1.29, 1.82) is 0 Å². The molecule has 1 atom stereocenters. The molecule has 0 radical (unpaired) electrons. The number of hydrogen-bond acceptors (Lipinski definition) is 2. The van der Waals surface area contributed by atoms with Crippen LogP contribution >= 0.6 is 9.24 Å². The topological polar surface area (TPSA) is 29.5 Å². The molecule has 0 heterocycles. The highest BCUT2D eigenvalue weighted by Gasteiger charge is 2.35. The van der Waals surface area contributed by atoms with Gasteiger partial charge in [0.15, 0.2) is 11.5 Å². The summed E-state index contributed by atoms with van der Waals surface area (Å²) in [6.45, 7) is 11.1. The van der Waals surface area contributed by atoms with E-state index < -0.39 is 0 Å². The molecule has 1 rings (SSSR count). The number of methoxy groups -OCH3 is 1. The fraction of sp³-hybridized carbons (Fsp3) is 0.571. The Morgan fingerprint density at radius 1 is 1.12 bits per heavy atom. The summed E-state index contributed by atoms with van der Waals surface area (Å²) < 4.78 is 5.21. The van der Waals surface area contributed by atoms with Crippen LogP contribution in [0.25, 0.3) is 0 Å². The Kier molecular flexibility index (Phi) is 3.78. The number of rotatable bonds is 2. The van der Waals surface area contributed by atoms with Gasteiger partial charge in [-0.2, -0.15) is 0 Å². The van der Waals surface area contributed by atoms with Gasteiger partial charge in [-0.15, -0.1) is 9.24 Å². The van der Waals surface area contributed by atoms with Gasteiger partial charge >= 0.3 is 0 Å². The van der Waals surface area contributed by atoms with Crippen LogP contribution in [0.1, 0.15) is 40.2 Å². The second kappa shape index (κ2) is 4.49. The summed E-state index contributed by atoms with van der Waals surface area (Å²) in [6, 6.07) is 3.93. The molecular formula is C14H23O2P. The van der Waals surface area contributed by atoms with Gasteiger partial charge in [-0.25, -0.2) is 0 Å². The first-order chi connectivity index (χ1) is 7.61. The molecule has 0 bridgehead atoms. The van der Waals surface area contributed by atoms with Crippen molar-refractivity contribution in [2.45, 2.75) is 40.0 Å². The minimum atomic E-state index is -0.000694. The van der Waals surface area contributed by atoms with Crippen LogP contribution < -0.4 is 10.0 Å². The first kappa shape index (κ1) is 14.3. The number of hydrogen-bond donors (Lipinski definition) is 1. The molecule has 0 amide bonds. The van der Waals surface area contributed by atoms with E-state index >= 15 is 0 Å². The lowest BCUT2D eigenvalue weighted by Gasteiger charge is -2.39. The minimum absolute atomic E-state index is 0.000694. The van der Waals surface area contributed by atoms with Crippen LogP contribution in [0.15, 0.2) is 12.1 Å². The molecule has 0 fully saturated rings. The summed E-state index contributed by atoms with van der Waals surface area (Å²) >= 11 is 0. The van der Waals surface area contributed by atoms with Gasteiger partial charge in [-0.3, -0.25) is 0 Å². The standard InChI is InChI=1S/C14H23O2P/c1-13(2,3)14(4,5)9-7-10(16-6)12(15)11(17)8-9/h7-8,15H,17H2,1-6H3. The molecule has 2 nitrogen and oxygen atoms in total. The lowest BCUT2D eigenvalue weighted by atomic mass is 9.65. The van der Waals surface area contributed by atoms with E-state index in [0.717, 1.165) is 5.30 Å². The zero-order valence-corrected chi connectivity index (χ0v) is 12.7. The Labute approximate surface area is 107 Å². The Morgan fingerprint density at radius 2 is 1.65 bits per heavy atom. The van der Waals surface area contributed by atoms with E-state index in [1.807, 2.05) is 12.1 Å². The van der Waals surface area contributed by atoms with Crippen molar-refractivity contribution >= 4 is 14.5 Å². The van der Waals surface area contributed by atoms with E-state index in [0.29, 0.717) is 5.75 Å². The quantitative estimate of drug-likeness (QED) is 0.821. The molecule has 3 heteroatoms. The third kappa shape index (κ3) is 2.57.